The number of carbonyl (C=O) groups excluding carboxylic acids is 2. The minimum atomic E-state index is -1.23. The molecule has 5 nitrogen and oxygen atoms in total. The first-order valence-corrected chi connectivity index (χ1v) is 3.21. The molecule has 0 bridgehead atoms. The molecule has 0 fully saturated rings. The number of aliphatic carboxylic acids is 2. The van der Waals surface area contributed by atoms with Gasteiger partial charge in [0.2, 0.25) is 0 Å². The van der Waals surface area contributed by atoms with Gasteiger partial charge in [-0.05, 0) is 12.2 Å². The zero-order valence-electron chi connectivity index (χ0n) is 6.36. The molecule has 0 spiro atoms. The van der Waals surface area contributed by atoms with E-state index in [1.807, 2.05) is 16.5 Å². The Bertz CT molecular complexity index is 140. The molecule has 6 heteroatoms. The number of nitrogens with two attached hydrogens (primary N) is 1. The monoisotopic (exact) mass is 185 g/mol. The summed E-state index contributed by atoms with van der Waals surface area (Å²) in [5, 5.41) is 18.3. The van der Waals surface area contributed by atoms with Crippen LogP contribution in [-0.4, -0.2) is 28.4 Å². The van der Waals surface area contributed by atoms with Crippen LogP contribution < -0.4 is 14.9 Å². The Morgan fingerprint density at radius 2 is 1.17 bits per heavy atom. The first-order valence-electron chi connectivity index (χ1n) is 2.54. The normalized spacial score (nSPS) is 5.92. The van der Waals surface area contributed by atoms with Gasteiger partial charge in [-0.15, -0.1) is 0 Å². The van der Waals surface area contributed by atoms with Crippen molar-refractivity contribution in [1.82, 2.24) is 0 Å². The van der Waals surface area contributed by atoms with Gasteiger partial charge in [0, 0.05) is 0 Å². The molecule has 0 unspecified atom stereocenters. The average Bonchev–Trinajstić information content (AvgIpc) is 2.09. The molecule has 0 saturated carbocycles. The molecule has 0 aromatic rings. The second kappa shape index (κ2) is 16.5. The summed E-state index contributed by atoms with van der Waals surface area (Å²) in [5.74, 6) is -2.46. The second-order valence-corrected chi connectivity index (χ2v) is 1.05. The van der Waals surface area contributed by atoms with Crippen molar-refractivity contribution in [3.8, 4) is 0 Å². The summed E-state index contributed by atoms with van der Waals surface area (Å²) < 4.78 is 4.42. The van der Waals surface area contributed by atoms with Crippen LogP contribution in [0.25, 0.3) is 0 Å². The Labute approximate surface area is 78.8 Å². The molecule has 0 atom stereocenters. The Morgan fingerprint density at radius 1 is 1.08 bits per heavy atom. The molecule has 0 radical (unpaired) electrons. The quantitative estimate of drug-likeness (QED) is 0.361. The van der Waals surface area contributed by atoms with Crippen LogP contribution in [0.1, 0.15) is 0 Å². The van der Waals surface area contributed by atoms with Crippen molar-refractivity contribution >= 4 is 28.4 Å². The van der Waals surface area contributed by atoms with Gasteiger partial charge >= 0.3 is 21.2 Å². The maximum absolute atomic E-state index is 9.14. The third-order valence-corrected chi connectivity index (χ3v) is 0.333. The molecule has 0 aliphatic heterocycles. The van der Waals surface area contributed by atoms with Crippen LogP contribution in [0.4, 0.5) is 0 Å². The van der Waals surface area contributed by atoms with Crippen molar-refractivity contribution in [1.29, 1.82) is 0 Å². The summed E-state index contributed by atoms with van der Waals surface area (Å²) in [5.41, 5.74) is 0. The summed E-state index contributed by atoms with van der Waals surface area (Å²) >= 11 is 1.92. The predicted octanol–water partition coefficient (Wildman–Crippen LogP) is -3.13. The topological polar surface area (TPSA) is 106 Å². The van der Waals surface area contributed by atoms with Crippen molar-refractivity contribution in [3.63, 3.8) is 0 Å². The molecule has 0 amide bonds. The number of hydrogen-bond donors (Lipinski definition) is 1. The summed E-state index contributed by atoms with van der Waals surface area (Å²) in [4.78, 5) is 18.3. The molecular weight excluding hydrogens is 177 g/mol. The van der Waals surface area contributed by atoms with E-state index < -0.39 is 11.9 Å². The Kier molecular flexibility index (Phi) is 23.5. The SMILES string of the molecule is C=CC(=O)[O-].C=CC(=O)[O-].[NH2][Al+2]. The van der Waals surface area contributed by atoms with Crippen LogP contribution in [-0.2, 0) is 9.59 Å². The van der Waals surface area contributed by atoms with Gasteiger partial charge in [-0.2, -0.15) is 0 Å². The zero-order chi connectivity index (χ0) is 10.6. The van der Waals surface area contributed by atoms with E-state index in [0.717, 1.165) is 12.2 Å². The number of carbonyl (C=O) groups is 2. The van der Waals surface area contributed by atoms with Gasteiger partial charge in [-0.1, -0.05) is 13.2 Å². The Balaban J connectivity index is -0.000000112. The predicted molar refractivity (Wildman–Crippen MR) is 40.3 cm³/mol. The van der Waals surface area contributed by atoms with E-state index in [1.54, 1.807) is 0 Å². The third kappa shape index (κ3) is 65.8. The van der Waals surface area contributed by atoms with E-state index in [0.29, 0.717) is 0 Å². The van der Waals surface area contributed by atoms with Gasteiger partial charge in [0.25, 0.3) is 0 Å². The number of rotatable bonds is 2. The van der Waals surface area contributed by atoms with E-state index in [1.165, 1.54) is 0 Å². The van der Waals surface area contributed by atoms with Crippen molar-refractivity contribution in [2.45, 2.75) is 0 Å². The summed E-state index contributed by atoms with van der Waals surface area (Å²) in [7, 11) is 0. The van der Waals surface area contributed by atoms with E-state index in [9.17, 15) is 0 Å². The van der Waals surface area contributed by atoms with Crippen molar-refractivity contribution in [2.75, 3.05) is 0 Å². The van der Waals surface area contributed by atoms with Crippen molar-refractivity contribution < 1.29 is 19.8 Å². The van der Waals surface area contributed by atoms with Gasteiger partial charge < -0.3 is 19.8 Å². The molecule has 0 aromatic heterocycles. The second-order valence-electron chi connectivity index (χ2n) is 1.05. The van der Waals surface area contributed by atoms with E-state index in [2.05, 4.69) is 17.9 Å². The van der Waals surface area contributed by atoms with E-state index in [-0.39, 0.29) is 0 Å². The molecule has 2 N–H and O–H groups in total. The number of carboxylic acids is 2. The molecule has 0 rings (SSSR count). The minimum absolute atomic E-state index is 0.722. The molecule has 0 aliphatic rings. The Hall–Kier alpha value is -1.09. The molecular formula is C6H8AlNO4. The van der Waals surface area contributed by atoms with Crippen molar-refractivity contribution in [3.05, 3.63) is 25.3 Å². The van der Waals surface area contributed by atoms with Gasteiger partial charge in [-0.25, -0.2) is 0 Å². The standard InChI is InChI=1S/2C3H4O2.Al.H2N/c2*1-2-3(4)5;;/h2*2H,1H2,(H,4,5);;1H2/q;;+3;-1/p-2. The van der Waals surface area contributed by atoms with Crippen LogP contribution in [0.15, 0.2) is 25.3 Å². The maximum atomic E-state index is 9.14. The van der Waals surface area contributed by atoms with Crippen molar-refractivity contribution in [2.24, 2.45) is 4.72 Å². The summed E-state index contributed by atoms with van der Waals surface area (Å²) in [6.45, 7) is 5.80. The zero-order valence-corrected chi connectivity index (χ0v) is 7.51. The fourth-order valence-electron chi connectivity index (χ4n) is 0. The van der Waals surface area contributed by atoms with Gasteiger partial charge in [0.15, 0.2) is 0 Å². The van der Waals surface area contributed by atoms with Gasteiger partial charge in [-0.3, -0.25) is 0 Å². The fourth-order valence-corrected chi connectivity index (χ4v) is 0. The van der Waals surface area contributed by atoms with Crippen LogP contribution in [0.2, 0.25) is 0 Å². The first-order chi connectivity index (χ1) is 5.54. The van der Waals surface area contributed by atoms with E-state index >= 15 is 0 Å². The molecule has 0 saturated heterocycles. The summed E-state index contributed by atoms with van der Waals surface area (Å²) in [6, 6.07) is 0. The van der Waals surface area contributed by atoms with E-state index in [4.69, 9.17) is 19.8 Å². The van der Waals surface area contributed by atoms with Crippen LogP contribution in [0, 0.1) is 0 Å². The van der Waals surface area contributed by atoms with Crippen LogP contribution in [0.3, 0.4) is 0 Å². The third-order valence-electron chi connectivity index (χ3n) is 0.333. The average molecular weight is 185 g/mol. The first kappa shape index (κ1) is 17.1. The molecule has 64 valence electrons. The summed E-state index contributed by atoms with van der Waals surface area (Å²) in [6.07, 6.45) is 1.44. The molecule has 12 heavy (non-hydrogen) atoms. The number of carboxylic acid groups (broad SMARTS) is 2. The van der Waals surface area contributed by atoms with Crippen LogP contribution in [0.5, 0.6) is 0 Å². The number of hydrogen-bond acceptors (Lipinski definition) is 5. The van der Waals surface area contributed by atoms with Gasteiger partial charge in [0.05, 0.1) is 11.9 Å². The molecule has 0 heterocycles. The molecule has 0 aliphatic carbocycles. The van der Waals surface area contributed by atoms with Gasteiger partial charge in [0.1, 0.15) is 0 Å². The Morgan fingerprint density at radius 3 is 1.17 bits per heavy atom. The fraction of sp³-hybridized carbons (Fsp3) is 0. The van der Waals surface area contributed by atoms with Crippen LogP contribution >= 0.6 is 0 Å². The molecule has 0 aromatic carbocycles.